The Labute approximate surface area is 88.5 Å². The molecule has 0 unspecified atom stereocenters. The minimum atomic E-state index is -1.20. The van der Waals surface area contributed by atoms with Gasteiger partial charge in [0.1, 0.15) is 6.04 Å². The molecule has 86 valence electrons. The average molecular weight is 215 g/mol. The normalized spacial score (nSPS) is 20.9. The molecule has 1 fully saturated rings. The van der Waals surface area contributed by atoms with Crippen LogP contribution in [0.1, 0.15) is 32.6 Å². The molecular formula is C10H17NO4. The van der Waals surface area contributed by atoms with Gasteiger partial charge in [0.05, 0.1) is 6.61 Å². The molecule has 1 amide bonds. The van der Waals surface area contributed by atoms with Gasteiger partial charge >= 0.3 is 5.97 Å². The Balaban J connectivity index is 2.57. The first kappa shape index (κ1) is 12.0. The Hall–Kier alpha value is -1.10. The summed E-state index contributed by atoms with van der Waals surface area (Å²) >= 11 is 0. The van der Waals surface area contributed by atoms with Crippen molar-refractivity contribution in [1.29, 1.82) is 0 Å². The number of nitrogens with one attached hydrogen (secondary N) is 1. The fourth-order valence-corrected chi connectivity index (χ4v) is 1.90. The number of aliphatic hydroxyl groups excluding tert-OH is 1. The standard InChI is InChI=1S/C10H17NO4/c1-10(4-2-3-5-10)9(15)11-7(6-12)8(13)14/h7,12H,2-6H2,1H3,(H,11,15)(H,13,14)/t7-/m0/s1. The van der Waals surface area contributed by atoms with Crippen LogP contribution in [0.3, 0.4) is 0 Å². The van der Waals surface area contributed by atoms with Crippen LogP contribution >= 0.6 is 0 Å². The van der Waals surface area contributed by atoms with E-state index in [9.17, 15) is 9.59 Å². The molecule has 1 aliphatic carbocycles. The maximum Gasteiger partial charge on any atom is 0.328 e. The molecule has 5 heteroatoms. The van der Waals surface area contributed by atoms with Gasteiger partial charge in [-0.15, -0.1) is 0 Å². The van der Waals surface area contributed by atoms with Crippen LogP contribution in [0.15, 0.2) is 0 Å². The molecule has 0 aromatic carbocycles. The van der Waals surface area contributed by atoms with Gasteiger partial charge < -0.3 is 15.5 Å². The van der Waals surface area contributed by atoms with Crippen molar-refractivity contribution in [2.75, 3.05) is 6.61 Å². The van der Waals surface area contributed by atoms with Crippen LogP contribution in [-0.4, -0.2) is 34.7 Å². The van der Waals surface area contributed by atoms with Gasteiger partial charge in [0.15, 0.2) is 0 Å². The molecule has 0 radical (unpaired) electrons. The first-order chi connectivity index (χ1) is 6.99. The molecule has 1 saturated carbocycles. The molecule has 0 aromatic rings. The van der Waals surface area contributed by atoms with Gasteiger partial charge in [0.25, 0.3) is 0 Å². The number of aliphatic carboxylic acids is 1. The number of carboxylic acids is 1. The van der Waals surface area contributed by atoms with Crippen molar-refractivity contribution >= 4 is 11.9 Å². The maximum absolute atomic E-state index is 11.8. The van der Waals surface area contributed by atoms with E-state index in [2.05, 4.69) is 5.32 Å². The molecule has 0 spiro atoms. The SMILES string of the molecule is CC1(C(=O)N[C@@H](CO)C(=O)O)CCCC1. The van der Waals surface area contributed by atoms with E-state index in [1.165, 1.54) is 0 Å². The van der Waals surface area contributed by atoms with Gasteiger partial charge in [-0.25, -0.2) is 4.79 Å². The molecule has 15 heavy (non-hydrogen) atoms. The second kappa shape index (κ2) is 4.61. The molecular weight excluding hydrogens is 198 g/mol. The second-order valence-electron chi connectivity index (χ2n) is 4.31. The van der Waals surface area contributed by atoms with Crippen molar-refractivity contribution in [3.8, 4) is 0 Å². The minimum Gasteiger partial charge on any atom is -0.480 e. The molecule has 1 atom stereocenters. The number of carbonyl (C=O) groups is 2. The van der Waals surface area contributed by atoms with Crippen LogP contribution < -0.4 is 5.32 Å². The first-order valence-electron chi connectivity index (χ1n) is 5.14. The molecule has 3 N–H and O–H groups in total. The third-order valence-electron chi connectivity index (χ3n) is 3.04. The minimum absolute atomic E-state index is 0.263. The lowest BCUT2D eigenvalue weighted by molar-refractivity contribution is -0.144. The largest absolute Gasteiger partial charge is 0.480 e. The van der Waals surface area contributed by atoms with Crippen molar-refractivity contribution in [3.63, 3.8) is 0 Å². The lowest BCUT2D eigenvalue weighted by Crippen LogP contribution is -2.48. The van der Waals surface area contributed by atoms with Gasteiger partial charge in [-0.2, -0.15) is 0 Å². The highest BCUT2D eigenvalue weighted by Gasteiger charge is 2.37. The predicted octanol–water partition coefficient (Wildman–Crippen LogP) is 0.128. The van der Waals surface area contributed by atoms with Crippen molar-refractivity contribution in [2.45, 2.75) is 38.6 Å². The molecule has 0 aliphatic heterocycles. The average Bonchev–Trinajstić information content (AvgIpc) is 2.61. The van der Waals surface area contributed by atoms with Crippen LogP contribution in [-0.2, 0) is 9.59 Å². The number of carboxylic acid groups (broad SMARTS) is 1. The number of hydrogen-bond donors (Lipinski definition) is 3. The van der Waals surface area contributed by atoms with Crippen LogP contribution in [0.2, 0.25) is 0 Å². The van der Waals surface area contributed by atoms with Crippen LogP contribution in [0.4, 0.5) is 0 Å². The van der Waals surface area contributed by atoms with E-state index < -0.39 is 24.0 Å². The van der Waals surface area contributed by atoms with E-state index in [1.807, 2.05) is 6.92 Å². The third-order valence-corrected chi connectivity index (χ3v) is 3.04. The fraction of sp³-hybridized carbons (Fsp3) is 0.800. The van der Waals surface area contributed by atoms with Crippen molar-refractivity contribution < 1.29 is 19.8 Å². The van der Waals surface area contributed by atoms with E-state index in [-0.39, 0.29) is 5.91 Å². The zero-order valence-electron chi connectivity index (χ0n) is 8.82. The van der Waals surface area contributed by atoms with E-state index in [0.717, 1.165) is 25.7 Å². The summed E-state index contributed by atoms with van der Waals surface area (Å²) in [5.74, 6) is -1.46. The highest BCUT2D eigenvalue weighted by Crippen LogP contribution is 2.37. The third kappa shape index (κ3) is 2.68. The van der Waals surface area contributed by atoms with Crippen LogP contribution in [0.25, 0.3) is 0 Å². The molecule has 0 heterocycles. The lowest BCUT2D eigenvalue weighted by atomic mass is 9.87. The quantitative estimate of drug-likeness (QED) is 0.622. The zero-order chi connectivity index (χ0) is 11.5. The Morgan fingerprint density at radius 2 is 1.93 bits per heavy atom. The Morgan fingerprint density at radius 1 is 1.40 bits per heavy atom. The van der Waals surface area contributed by atoms with Gasteiger partial charge in [-0.3, -0.25) is 4.79 Å². The summed E-state index contributed by atoms with van der Waals surface area (Å²) in [6.07, 6.45) is 3.58. The van der Waals surface area contributed by atoms with E-state index in [0.29, 0.717) is 0 Å². The molecule has 1 rings (SSSR count). The van der Waals surface area contributed by atoms with Crippen LogP contribution in [0, 0.1) is 5.41 Å². The molecule has 0 aromatic heterocycles. The Kier molecular flexibility index (Phi) is 3.68. The molecule has 1 aliphatic rings. The molecule has 0 saturated heterocycles. The highest BCUT2D eigenvalue weighted by molar-refractivity contribution is 5.87. The lowest BCUT2D eigenvalue weighted by Gasteiger charge is -2.24. The van der Waals surface area contributed by atoms with Gasteiger partial charge in [0, 0.05) is 5.41 Å². The number of carbonyl (C=O) groups excluding carboxylic acids is 1. The van der Waals surface area contributed by atoms with Crippen molar-refractivity contribution in [1.82, 2.24) is 5.32 Å². The first-order valence-corrected chi connectivity index (χ1v) is 5.14. The van der Waals surface area contributed by atoms with Crippen molar-refractivity contribution in [3.05, 3.63) is 0 Å². The van der Waals surface area contributed by atoms with Crippen molar-refractivity contribution in [2.24, 2.45) is 5.41 Å². The summed E-state index contributed by atoms with van der Waals surface area (Å²) in [5, 5.41) is 19.8. The number of aliphatic hydroxyl groups is 1. The van der Waals surface area contributed by atoms with Gasteiger partial charge in [0.2, 0.25) is 5.91 Å². The fourth-order valence-electron chi connectivity index (χ4n) is 1.90. The number of hydrogen-bond acceptors (Lipinski definition) is 3. The summed E-state index contributed by atoms with van der Waals surface area (Å²) in [6.45, 7) is 1.27. The van der Waals surface area contributed by atoms with Gasteiger partial charge in [-0.1, -0.05) is 19.8 Å². The summed E-state index contributed by atoms with van der Waals surface area (Å²) < 4.78 is 0. The summed E-state index contributed by atoms with van der Waals surface area (Å²) in [5.41, 5.74) is -0.455. The summed E-state index contributed by atoms with van der Waals surface area (Å²) in [4.78, 5) is 22.4. The zero-order valence-corrected chi connectivity index (χ0v) is 8.82. The maximum atomic E-state index is 11.8. The number of amides is 1. The second-order valence-corrected chi connectivity index (χ2v) is 4.31. The highest BCUT2D eigenvalue weighted by atomic mass is 16.4. The summed E-state index contributed by atoms with van der Waals surface area (Å²) in [7, 11) is 0. The van der Waals surface area contributed by atoms with Crippen LogP contribution in [0.5, 0.6) is 0 Å². The van der Waals surface area contributed by atoms with E-state index in [4.69, 9.17) is 10.2 Å². The smallest absolute Gasteiger partial charge is 0.328 e. The van der Waals surface area contributed by atoms with E-state index >= 15 is 0 Å². The topological polar surface area (TPSA) is 86.6 Å². The van der Waals surface area contributed by atoms with E-state index in [1.54, 1.807) is 0 Å². The Bertz CT molecular complexity index is 258. The number of rotatable bonds is 4. The van der Waals surface area contributed by atoms with Gasteiger partial charge in [-0.05, 0) is 12.8 Å². The molecule has 0 bridgehead atoms. The monoisotopic (exact) mass is 215 g/mol. The Morgan fingerprint density at radius 3 is 2.33 bits per heavy atom. The molecule has 5 nitrogen and oxygen atoms in total. The summed E-state index contributed by atoms with van der Waals surface area (Å²) in [6, 6.07) is -1.19. The predicted molar refractivity (Wildman–Crippen MR) is 53.2 cm³/mol.